The lowest BCUT2D eigenvalue weighted by molar-refractivity contribution is 0.125. The minimum Gasteiger partial charge on any atom is -0.304 e. The van der Waals surface area contributed by atoms with Gasteiger partial charge in [-0.2, -0.15) is 0 Å². The van der Waals surface area contributed by atoms with Crippen LogP contribution in [-0.4, -0.2) is 48.0 Å². The van der Waals surface area contributed by atoms with Crippen LogP contribution in [0.1, 0.15) is 17.3 Å². The molecule has 0 radical (unpaired) electrons. The molecule has 1 saturated heterocycles. The van der Waals surface area contributed by atoms with Gasteiger partial charge in [0.1, 0.15) is 0 Å². The van der Waals surface area contributed by atoms with Crippen LogP contribution in [0.25, 0.3) is 0 Å². The van der Waals surface area contributed by atoms with Crippen molar-refractivity contribution in [2.75, 3.05) is 33.2 Å². The van der Waals surface area contributed by atoms with E-state index < -0.39 is 0 Å². The fraction of sp³-hybridized carbons (Fsp3) is 0.353. The summed E-state index contributed by atoms with van der Waals surface area (Å²) >= 11 is 0. The van der Waals surface area contributed by atoms with Gasteiger partial charge in [-0.25, -0.2) is 0 Å². The van der Waals surface area contributed by atoms with E-state index in [1.54, 1.807) is 0 Å². The van der Waals surface area contributed by atoms with Crippen molar-refractivity contribution in [2.24, 2.45) is 0 Å². The standard InChI is InChI=1S/C17H21N3/c1-19-11-13-20(14-12-19)17(15-7-3-2-4-8-15)16-9-5-6-10-18-16/h2-10,17H,11-14H2,1H3/t17-/m0/s1. The topological polar surface area (TPSA) is 19.4 Å². The summed E-state index contributed by atoms with van der Waals surface area (Å²) in [6, 6.07) is 17.2. The van der Waals surface area contributed by atoms with Crippen LogP contribution in [0.4, 0.5) is 0 Å². The quantitative estimate of drug-likeness (QED) is 0.851. The highest BCUT2D eigenvalue weighted by atomic mass is 15.3. The van der Waals surface area contributed by atoms with E-state index in [4.69, 9.17) is 0 Å². The fourth-order valence-electron chi connectivity index (χ4n) is 2.82. The summed E-state index contributed by atoms with van der Waals surface area (Å²) in [6.07, 6.45) is 1.89. The second kappa shape index (κ2) is 6.16. The highest BCUT2D eigenvalue weighted by Gasteiger charge is 2.25. The summed E-state index contributed by atoms with van der Waals surface area (Å²) in [5.74, 6) is 0. The molecule has 0 N–H and O–H groups in total. The Morgan fingerprint density at radius 2 is 1.60 bits per heavy atom. The Labute approximate surface area is 120 Å². The van der Waals surface area contributed by atoms with E-state index in [9.17, 15) is 0 Å². The second-order valence-electron chi connectivity index (χ2n) is 5.41. The molecule has 1 fully saturated rings. The van der Waals surface area contributed by atoms with E-state index in [-0.39, 0.29) is 6.04 Å². The number of hydrogen-bond acceptors (Lipinski definition) is 3. The first kappa shape index (κ1) is 13.3. The Hall–Kier alpha value is -1.71. The van der Waals surface area contributed by atoms with E-state index in [2.05, 4.69) is 64.3 Å². The Kier molecular flexibility index (Phi) is 4.09. The Morgan fingerprint density at radius 3 is 2.25 bits per heavy atom. The molecular formula is C17H21N3. The molecule has 20 heavy (non-hydrogen) atoms. The number of hydrogen-bond donors (Lipinski definition) is 0. The van der Waals surface area contributed by atoms with Gasteiger partial charge in [0.2, 0.25) is 0 Å². The average Bonchev–Trinajstić information content (AvgIpc) is 2.52. The number of nitrogens with zero attached hydrogens (tertiary/aromatic N) is 3. The van der Waals surface area contributed by atoms with Gasteiger partial charge in [-0.15, -0.1) is 0 Å². The smallest absolute Gasteiger partial charge is 0.0777 e. The molecule has 2 heterocycles. The number of likely N-dealkylation sites (N-methyl/N-ethyl adjacent to an activating group) is 1. The molecule has 0 aliphatic carbocycles. The van der Waals surface area contributed by atoms with Crippen molar-refractivity contribution in [1.82, 2.24) is 14.8 Å². The largest absolute Gasteiger partial charge is 0.304 e. The van der Waals surface area contributed by atoms with Gasteiger partial charge in [0, 0.05) is 32.4 Å². The highest BCUT2D eigenvalue weighted by molar-refractivity contribution is 5.28. The Bertz CT molecular complexity index is 479. The van der Waals surface area contributed by atoms with Crippen molar-refractivity contribution < 1.29 is 0 Å². The lowest BCUT2D eigenvalue weighted by atomic mass is 10.0. The zero-order valence-electron chi connectivity index (χ0n) is 11.9. The molecule has 0 spiro atoms. The molecule has 0 bridgehead atoms. The number of piperazine rings is 1. The predicted molar refractivity (Wildman–Crippen MR) is 81.6 cm³/mol. The number of benzene rings is 1. The van der Waals surface area contributed by atoms with Crippen LogP contribution in [0, 0.1) is 0 Å². The van der Waals surface area contributed by atoms with E-state index >= 15 is 0 Å². The minimum atomic E-state index is 0.270. The molecule has 3 heteroatoms. The van der Waals surface area contributed by atoms with Gasteiger partial charge in [-0.05, 0) is 24.7 Å². The summed E-state index contributed by atoms with van der Waals surface area (Å²) in [5, 5.41) is 0. The van der Waals surface area contributed by atoms with Gasteiger partial charge in [0.25, 0.3) is 0 Å². The molecule has 104 valence electrons. The highest BCUT2D eigenvalue weighted by Crippen LogP contribution is 2.27. The van der Waals surface area contributed by atoms with Crippen LogP contribution in [0.3, 0.4) is 0 Å². The number of rotatable bonds is 3. The maximum absolute atomic E-state index is 4.59. The summed E-state index contributed by atoms with van der Waals surface area (Å²) in [7, 11) is 2.19. The van der Waals surface area contributed by atoms with E-state index in [0.29, 0.717) is 0 Å². The van der Waals surface area contributed by atoms with Crippen LogP contribution in [0.15, 0.2) is 54.7 Å². The summed E-state index contributed by atoms with van der Waals surface area (Å²) < 4.78 is 0. The lowest BCUT2D eigenvalue weighted by Crippen LogP contribution is -2.46. The molecule has 3 rings (SSSR count). The first-order valence-corrected chi connectivity index (χ1v) is 7.23. The zero-order chi connectivity index (χ0) is 13.8. The van der Waals surface area contributed by atoms with Crippen LogP contribution in [-0.2, 0) is 0 Å². The summed E-state index contributed by atoms with van der Waals surface area (Å²) in [5.41, 5.74) is 2.47. The molecule has 3 nitrogen and oxygen atoms in total. The fourth-order valence-corrected chi connectivity index (χ4v) is 2.82. The van der Waals surface area contributed by atoms with Crippen molar-refractivity contribution in [3.63, 3.8) is 0 Å². The van der Waals surface area contributed by atoms with Crippen LogP contribution in [0.2, 0.25) is 0 Å². The molecule has 0 amide bonds. The van der Waals surface area contributed by atoms with Gasteiger partial charge in [0.15, 0.2) is 0 Å². The van der Waals surface area contributed by atoms with Gasteiger partial charge in [-0.3, -0.25) is 9.88 Å². The predicted octanol–water partition coefficient (Wildman–Crippen LogP) is 2.42. The van der Waals surface area contributed by atoms with Crippen LogP contribution < -0.4 is 0 Å². The van der Waals surface area contributed by atoms with Crippen molar-refractivity contribution in [1.29, 1.82) is 0 Å². The monoisotopic (exact) mass is 267 g/mol. The average molecular weight is 267 g/mol. The maximum Gasteiger partial charge on any atom is 0.0777 e. The van der Waals surface area contributed by atoms with E-state index in [0.717, 1.165) is 31.9 Å². The third-order valence-corrected chi connectivity index (χ3v) is 3.99. The normalized spacial score (nSPS) is 18.9. The van der Waals surface area contributed by atoms with Gasteiger partial charge < -0.3 is 4.90 Å². The van der Waals surface area contributed by atoms with Crippen molar-refractivity contribution in [3.05, 3.63) is 66.0 Å². The Balaban J connectivity index is 1.92. The third-order valence-electron chi connectivity index (χ3n) is 3.99. The molecule has 0 unspecified atom stereocenters. The second-order valence-corrected chi connectivity index (χ2v) is 5.41. The van der Waals surface area contributed by atoms with Crippen LogP contribution >= 0.6 is 0 Å². The molecular weight excluding hydrogens is 246 g/mol. The van der Waals surface area contributed by atoms with E-state index in [1.807, 2.05) is 12.3 Å². The molecule has 1 aliphatic rings. The Morgan fingerprint density at radius 1 is 0.900 bits per heavy atom. The summed E-state index contributed by atoms with van der Waals surface area (Å²) in [6.45, 7) is 4.42. The molecule has 2 aromatic rings. The lowest BCUT2D eigenvalue weighted by Gasteiger charge is -2.38. The third kappa shape index (κ3) is 2.89. The van der Waals surface area contributed by atoms with Gasteiger partial charge >= 0.3 is 0 Å². The SMILES string of the molecule is CN1CCN([C@@H](c2ccccc2)c2ccccn2)CC1. The van der Waals surface area contributed by atoms with Gasteiger partial charge in [-0.1, -0.05) is 36.4 Å². The molecule has 0 saturated carbocycles. The van der Waals surface area contributed by atoms with Crippen LogP contribution in [0.5, 0.6) is 0 Å². The molecule has 1 aliphatic heterocycles. The van der Waals surface area contributed by atoms with Gasteiger partial charge in [0.05, 0.1) is 11.7 Å². The molecule has 1 aromatic carbocycles. The minimum absolute atomic E-state index is 0.270. The van der Waals surface area contributed by atoms with E-state index in [1.165, 1.54) is 5.56 Å². The molecule has 1 atom stereocenters. The summed E-state index contributed by atoms with van der Waals surface area (Å²) in [4.78, 5) is 9.52. The molecule has 1 aromatic heterocycles. The zero-order valence-corrected chi connectivity index (χ0v) is 11.9. The first-order chi connectivity index (χ1) is 9.84. The number of pyridine rings is 1. The van der Waals surface area contributed by atoms with Crippen molar-refractivity contribution in [3.8, 4) is 0 Å². The van der Waals surface area contributed by atoms with Crippen molar-refractivity contribution >= 4 is 0 Å². The maximum atomic E-state index is 4.59. The van der Waals surface area contributed by atoms with Crippen molar-refractivity contribution in [2.45, 2.75) is 6.04 Å². The number of aromatic nitrogens is 1. The first-order valence-electron chi connectivity index (χ1n) is 7.23.